The lowest BCUT2D eigenvalue weighted by atomic mass is 10.2. The zero-order valence-electron chi connectivity index (χ0n) is 29.9. The van der Waals surface area contributed by atoms with Gasteiger partial charge in [-0.2, -0.15) is 4.31 Å². The standard InChI is InChI=1S/C17H26Br2N4O5S.C14H21Br2N3O4S/c1-20(8-9-21-10-12-28-13-11-21)29(26,27)17-14-15(23(24)25)2-3-16(17)22(6-4-18)7-5-19;1-17(2)9-10-24(22,23)14-11-12(19(20)21)3-4-13(14)18(7-5-15)8-6-16/h2-3,14H,4-13H2,1H3;3-4,11H,5-10H2,1-2H3. The summed E-state index contributed by atoms with van der Waals surface area (Å²) in [5.74, 6) is -0.0926. The average Bonchev–Trinajstić information content (AvgIpc) is 3.13. The van der Waals surface area contributed by atoms with Crippen LogP contribution in [0.25, 0.3) is 0 Å². The van der Waals surface area contributed by atoms with Crippen LogP contribution in [0.3, 0.4) is 0 Å². The summed E-state index contributed by atoms with van der Waals surface area (Å²) in [5, 5.41) is 24.9. The van der Waals surface area contributed by atoms with Gasteiger partial charge in [-0.1, -0.05) is 63.7 Å². The van der Waals surface area contributed by atoms with Gasteiger partial charge >= 0.3 is 0 Å². The topological polar surface area (TPSA) is 180 Å². The maximum Gasteiger partial charge on any atom is 0.270 e. The van der Waals surface area contributed by atoms with E-state index >= 15 is 0 Å². The van der Waals surface area contributed by atoms with Crippen molar-refractivity contribution in [3.8, 4) is 0 Å². The van der Waals surface area contributed by atoms with Gasteiger partial charge < -0.3 is 19.4 Å². The molecule has 53 heavy (non-hydrogen) atoms. The van der Waals surface area contributed by atoms with Crippen molar-refractivity contribution in [3.63, 3.8) is 0 Å². The van der Waals surface area contributed by atoms with E-state index in [1.54, 1.807) is 19.0 Å². The Morgan fingerprint density at radius 3 is 1.55 bits per heavy atom. The van der Waals surface area contributed by atoms with Crippen molar-refractivity contribution < 1.29 is 31.4 Å². The van der Waals surface area contributed by atoms with Crippen molar-refractivity contribution in [1.82, 2.24) is 14.1 Å². The van der Waals surface area contributed by atoms with Crippen molar-refractivity contribution >= 4 is 106 Å². The van der Waals surface area contributed by atoms with Gasteiger partial charge in [-0.05, 0) is 26.2 Å². The Labute approximate surface area is 345 Å². The summed E-state index contributed by atoms with van der Waals surface area (Å²) >= 11 is 13.5. The number of ether oxygens (including phenoxy) is 1. The Balaban J connectivity index is 0.000000374. The fourth-order valence-electron chi connectivity index (χ4n) is 5.13. The zero-order chi connectivity index (χ0) is 39.8. The number of nitro benzene ring substituents is 2. The quantitative estimate of drug-likeness (QED) is 0.0958. The number of non-ortho nitro benzene ring substituents is 2. The number of hydrogen-bond acceptors (Lipinski definition) is 13. The van der Waals surface area contributed by atoms with E-state index in [1.165, 1.54) is 35.6 Å². The molecule has 16 nitrogen and oxygen atoms in total. The molecular weight excluding hydrogens is 998 g/mol. The first kappa shape index (κ1) is 47.7. The molecule has 0 spiro atoms. The minimum Gasteiger partial charge on any atom is -0.379 e. The third-order valence-electron chi connectivity index (χ3n) is 8.07. The summed E-state index contributed by atoms with van der Waals surface area (Å²) in [6.45, 7) is 6.37. The lowest BCUT2D eigenvalue weighted by Crippen LogP contribution is -2.42. The SMILES string of the molecule is CN(C)CCS(=O)(=O)c1cc([N+](=O)[O-])ccc1N(CCBr)CCBr.CN(CCN1CCOCC1)S(=O)(=O)c1cc([N+](=O)[O-])ccc1N(CCBr)CCBr. The zero-order valence-corrected chi connectivity index (χ0v) is 37.9. The first-order valence-corrected chi connectivity index (χ1v) is 24.1. The van der Waals surface area contributed by atoms with Gasteiger partial charge in [0.05, 0.1) is 45.1 Å². The molecule has 0 aliphatic carbocycles. The molecule has 0 radical (unpaired) electrons. The summed E-state index contributed by atoms with van der Waals surface area (Å²) in [4.78, 5) is 28.8. The van der Waals surface area contributed by atoms with Crippen LogP contribution in [0.5, 0.6) is 0 Å². The summed E-state index contributed by atoms with van der Waals surface area (Å²) in [7, 11) is -2.47. The van der Waals surface area contributed by atoms with Crippen molar-refractivity contribution in [2.45, 2.75) is 9.79 Å². The number of likely N-dealkylation sites (N-methyl/N-ethyl adjacent to an activating group) is 1. The fraction of sp³-hybridized carbons (Fsp3) is 0.613. The summed E-state index contributed by atoms with van der Waals surface area (Å²) < 4.78 is 58.7. The molecule has 1 saturated heterocycles. The van der Waals surface area contributed by atoms with Crippen LogP contribution in [0.15, 0.2) is 46.2 Å². The molecule has 2 aromatic carbocycles. The lowest BCUT2D eigenvalue weighted by Gasteiger charge is -2.30. The maximum atomic E-state index is 13.3. The summed E-state index contributed by atoms with van der Waals surface area (Å²) in [6.07, 6.45) is 0. The van der Waals surface area contributed by atoms with Crippen molar-refractivity contribution in [3.05, 3.63) is 56.6 Å². The average molecular weight is 1050 g/mol. The van der Waals surface area contributed by atoms with E-state index in [4.69, 9.17) is 4.74 Å². The lowest BCUT2D eigenvalue weighted by molar-refractivity contribution is -0.385. The molecule has 1 aliphatic heterocycles. The Morgan fingerprint density at radius 1 is 0.698 bits per heavy atom. The molecule has 300 valence electrons. The van der Waals surface area contributed by atoms with Gasteiger partial charge in [0, 0.05) is 112 Å². The molecule has 1 heterocycles. The molecule has 22 heteroatoms. The van der Waals surface area contributed by atoms with Crippen LogP contribution >= 0.6 is 63.7 Å². The largest absolute Gasteiger partial charge is 0.379 e. The molecule has 3 rings (SSSR count). The van der Waals surface area contributed by atoms with E-state index in [0.29, 0.717) is 91.7 Å². The highest BCUT2D eigenvalue weighted by Crippen LogP contribution is 2.32. The van der Waals surface area contributed by atoms with Gasteiger partial charge in [0.25, 0.3) is 11.4 Å². The van der Waals surface area contributed by atoms with Crippen molar-refractivity contribution in [2.24, 2.45) is 0 Å². The number of sulfonamides is 1. The van der Waals surface area contributed by atoms with E-state index in [0.717, 1.165) is 25.2 Å². The highest BCUT2D eigenvalue weighted by atomic mass is 79.9. The van der Waals surface area contributed by atoms with Crippen molar-refractivity contribution in [2.75, 3.05) is 130 Å². The molecule has 2 aromatic rings. The second-order valence-electron chi connectivity index (χ2n) is 12.0. The number of benzene rings is 2. The van der Waals surface area contributed by atoms with Gasteiger partial charge in [0.2, 0.25) is 10.0 Å². The second-order valence-corrected chi connectivity index (χ2v) is 19.2. The van der Waals surface area contributed by atoms with E-state index in [1.807, 2.05) is 9.80 Å². The Morgan fingerprint density at radius 2 is 1.13 bits per heavy atom. The molecule has 1 aliphatic rings. The third-order valence-corrected chi connectivity index (χ3v) is 13.1. The summed E-state index contributed by atoms with van der Waals surface area (Å²) in [6, 6.07) is 8.05. The Hall–Kier alpha value is -1.50. The Kier molecular flexibility index (Phi) is 21.2. The predicted octanol–water partition coefficient (Wildman–Crippen LogP) is 4.67. The molecule has 0 N–H and O–H groups in total. The van der Waals surface area contributed by atoms with E-state index in [9.17, 15) is 37.1 Å². The van der Waals surface area contributed by atoms with Gasteiger partial charge in [0.1, 0.15) is 4.90 Å². The fourth-order valence-corrected chi connectivity index (χ4v) is 9.88. The summed E-state index contributed by atoms with van der Waals surface area (Å²) in [5.41, 5.74) is 0.498. The number of nitro groups is 2. The van der Waals surface area contributed by atoms with Crippen LogP contribution in [-0.4, -0.2) is 161 Å². The highest BCUT2D eigenvalue weighted by Gasteiger charge is 2.29. The van der Waals surface area contributed by atoms with E-state index in [-0.39, 0.29) is 26.9 Å². The van der Waals surface area contributed by atoms with E-state index in [2.05, 4.69) is 68.6 Å². The normalized spacial score (nSPS) is 13.8. The van der Waals surface area contributed by atoms with E-state index < -0.39 is 29.7 Å². The number of nitrogens with zero attached hydrogens (tertiary/aromatic N) is 7. The van der Waals surface area contributed by atoms with Crippen LogP contribution in [0.4, 0.5) is 22.7 Å². The number of anilines is 2. The first-order chi connectivity index (χ1) is 25.0. The van der Waals surface area contributed by atoms with Gasteiger partial charge in [-0.3, -0.25) is 25.1 Å². The number of morpholine rings is 1. The van der Waals surface area contributed by atoms with Crippen LogP contribution in [0.2, 0.25) is 0 Å². The minimum absolute atomic E-state index is 0.0143. The Bertz CT molecular complexity index is 1690. The van der Waals surface area contributed by atoms with Gasteiger partial charge in [0.15, 0.2) is 9.84 Å². The van der Waals surface area contributed by atoms with Crippen LogP contribution in [0.1, 0.15) is 0 Å². The molecule has 0 atom stereocenters. The first-order valence-electron chi connectivity index (χ1n) is 16.5. The monoisotopic (exact) mass is 1040 g/mol. The third kappa shape index (κ3) is 14.8. The van der Waals surface area contributed by atoms with Crippen LogP contribution in [-0.2, 0) is 24.6 Å². The maximum absolute atomic E-state index is 13.3. The second kappa shape index (κ2) is 23.5. The number of halogens is 4. The highest BCUT2D eigenvalue weighted by molar-refractivity contribution is 9.09. The molecule has 0 unspecified atom stereocenters. The molecular formula is C31H47Br4N7O9S2. The smallest absolute Gasteiger partial charge is 0.270 e. The molecule has 1 fully saturated rings. The molecule has 0 saturated carbocycles. The predicted molar refractivity (Wildman–Crippen MR) is 223 cm³/mol. The van der Waals surface area contributed by atoms with Crippen LogP contribution in [0, 0.1) is 20.2 Å². The number of hydrogen-bond donors (Lipinski definition) is 0. The molecule has 0 amide bonds. The molecule has 0 bridgehead atoms. The van der Waals surface area contributed by atoms with Crippen LogP contribution < -0.4 is 9.80 Å². The van der Waals surface area contributed by atoms with Crippen molar-refractivity contribution in [1.29, 1.82) is 0 Å². The van der Waals surface area contributed by atoms with Gasteiger partial charge in [-0.15, -0.1) is 0 Å². The number of sulfone groups is 1. The minimum atomic E-state index is -3.91. The number of alkyl halides is 4. The van der Waals surface area contributed by atoms with Gasteiger partial charge in [-0.25, -0.2) is 16.8 Å². The number of rotatable bonds is 21. The molecule has 0 aromatic heterocycles.